The number of rotatable bonds is 3. The zero-order chi connectivity index (χ0) is 16.7. The Bertz CT molecular complexity index is 909. The molecule has 0 N–H and O–H groups in total. The van der Waals surface area contributed by atoms with Gasteiger partial charge in [-0.2, -0.15) is 5.10 Å². The minimum absolute atomic E-state index is 0.0557. The molecule has 1 fully saturated rings. The van der Waals surface area contributed by atoms with Gasteiger partial charge in [-0.25, -0.2) is 9.67 Å². The molecule has 0 spiro atoms. The Morgan fingerprint density at radius 1 is 1.42 bits per heavy atom. The number of pyridine rings is 1. The minimum atomic E-state index is -0.113. The number of imidazole rings is 1. The Kier molecular flexibility index (Phi) is 3.86. The molecule has 0 bridgehead atoms. The maximum Gasteiger partial charge on any atom is 0.162 e. The number of ketones is 1. The molecule has 4 rings (SSSR count). The van der Waals surface area contributed by atoms with Crippen molar-refractivity contribution in [3.05, 3.63) is 41.4 Å². The van der Waals surface area contributed by atoms with E-state index in [9.17, 15) is 4.79 Å². The molecule has 0 aromatic carbocycles. The summed E-state index contributed by atoms with van der Waals surface area (Å²) in [5, 5.41) is 4.95. The molecule has 1 saturated heterocycles. The highest BCUT2D eigenvalue weighted by Gasteiger charge is 2.24. The Morgan fingerprint density at radius 2 is 2.29 bits per heavy atom. The zero-order valence-corrected chi connectivity index (χ0v) is 14.0. The lowest BCUT2D eigenvalue weighted by Crippen LogP contribution is -2.20. The number of Topliss-reactive ketones (excluding diaryl/α,β-unsaturated/α-hetero) is 1. The first kappa shape index (κ1) is 15.4. The highest BCUT2D eigenvalue weighted by Crippen LogP contribution is 2.33. The van der Waals surface area contributed by atoms with Gasteiger partial charge in [-0.05, 0) is 38.3 Å². The predicted octanol–water partition coefficient (Wildman–Crippen LogP) is 3.75. The smallest absolute Gasteiger partial charge is 0.162 e. The quantitative estimate of drug-likeness (QED) is 0.679. The lowest BCUT2D eigenvalue weighted by atomic mass is 10.1. The number of halogens is 1. The van der Waals surface area contributed by atoms with Crippen molar-refractivity contribution in [2.75, 3.05) is 6.61 Å². The van der Waals surface area contributed by atoms with E-state index in [2.05, 4.69) is 10.1 Å². The molecular weight excluding hydrogens is 328 g/mol. The highest BCUT2D eigenvalue weighted by atomic mass is 35.5. The van der Waals surface area contributed by atoms with Crippen LogP contribution in [0.25, 0.3) is 16.9 Å². The molecule has 24 heavy (non-hydrogen) atoms. The number of hydrogen-bond donors (Lipinski definition) is 0. The molecule has 124 valence electrons. The zero-order valence-electron chi connectivity index (χ0n) is 13.3. The fraction of sp³-hybridized carbons (Fsp3) is 0.353. The molecule has 1 unspecified atom stereocenters. The van der Waals surface area contributed by atoms with Crippen LogP contribution >= 0.6 is 11.6 Å². The second-order valence-corrected chi connectivity index (χ2v) is 6.35. The van der Waals surface area contributed by atoms with Crippen molar-refractivity contribution >= 4 is 22.9 Å². The van der Waals surface area contributed by atoms with Crippen LogP contribution in [0, 0.1) is 0 Å². The summed E-state index contributed by atoms with van der Waals surface area (Å²) in [6.45, 7) is 2.26. The molecule has 0 radical (unpaired) electrons. The Labute approximate surface area is 144 Å². The monoisotopic (exact) mass is 344 g/mol. The number of hydrogen-bond acceptors (Lipinski definition) is 4. The van der Waals surface area contributed by atoms with Crippen molar-refractivity contribution in [3.63, 3.8) is 0 Å². The summed E-state index contributed by atoms with van der Waals surface area (Å²) >= 11 is 6.31. The third-order valence-electron chi connectivity index (χ3n) is 4.37. The van der Waals surface area contributed by atoms with Gasteiger partial charge >= 0.3 is 0 Å². The maximum atomic E-state index is 12.2. The number of carbonyl (C=O) groups excluding carboxylic acids is 1. The van der Waals surface area contributed by atoms with Gasteiger partial charge in [0, 0.05) is 18.4 Å². The second-order valence-electron chi connectivity index (χ2n) is 5.94. The summed E-state index contributed by atoms with van der Waals surface area (Å²) in [7, 11) is 0. The van der Waals surface area contributed by atoms with E-state index >= 15 is 0 Å². The van der Waals surface area contributed by atoms with Gasteiger partial charge in [-0.1, -0.05) is 11.6 Å². The molecule has 0 aliphatic carbocycles. The van der Waals surface area contributed by atoms with E-state index in [1.807, 2.05) is 15.1 Å². The molecule has 7 heteroatoms. The summed E-state index contributed by atoms with van der Waals surface area (Å²) in [6.07, 6.45) is 8.05. The van der Waals surface area contributed by atoms with Crippen LogP contribution in [0.4, 0.5) is 0 Å². The topological polar surface area (TPSA) is 61.4 Å². The summed E-state index contributed by atoms with van der Waals surface area (Å²) in [6, 6.07) is 3.60. The molecule has 4 heterocycles. The summed E-state index contributed by atoms with van der Waals surface area (Å²) < 4.78 is 9.56. The molecule has 1 aliphatic rings. The highest BCUT2D eigenvalue weighted by molar-refractivity contribution is 6.34. The second kappa shape index (κ2) is 6.03. The third kappa shape index (κ3) is 2.42. The van der Waals surface area contributed by atoms with Crippen LogP contribution in [-0.4, -0.2) is 31.6 Å². The lowest BCUT2D eigenvalue weighted by molar-refractivity contribution is -0.0384. The van der Waals surface area contributed by atoms with Gasteiger partial charge in [0.1, 0.15) is 0 Å². The minimum Gasteiger partial charge on any atom is -0.356 e. The first-order valence-electron chi connectivity index (χ1n) is 7.98. The lowest BCUT2D eigenvalue weighted by Gasteiger charge is -2.25. The van der Waals surface area contributed by atoms with E-state index in [-0.39, 0.29) is 12.0 Å². The average molecular weight is 345 g/mol. The van der Waals surface area contributed by atoms with Gasteiger partial charge < -0.3 is 4.74 Å². The predicted molar refractivity (Wildman–Crippen MR) is 90.3 cm³/mol. The van der Waals surface area contributed by atoms with Gasteiger partial charge in [0.2, 0.25) is 0 Å². The summed E-state index contributed by atoms with van der Waals surface area (Å²) in [5.74, 6) is -0.0557. The summed E-state index contributed by atoms with van der Waals surface area (Å²) in [5.41, 5.74) is 2.87. The van der Waals surface area contributed by atoms with Crippen molar-refractivity contribution in [1.82, 2.24) is 19.2 Å². The van der Waals surface area contributed by atoms with Gasteiger partial charge in [0.15, 0.2) is 12.0 Å². The fourth-order valence-corrected chi connectivity index (χ4v) is 3.48. The van der Waals surface area contributed by atoms with E-state index in [0.717, 1.165) is 42.8 Å². The van der Waals surface area contributed by atoms with Crippen LogP contribution in [0.3, 0.4) is 0 Å². The fourth-order valence-electron chi connectivity index (χ4n) is 3.23. The normalized spacial score (nSPS) is 18.2. The average Bonchev–Trinajstić information content (AvgIpc) is 3.25. The number of nitrogens with zero attached hydrogens (tertiary/aromatic N) is 4. The third-order valence-corrected chi connectivity index (χ3v) is 4.67. The summed E-state index contributed by atoms with van der Waals surface area (Å²) in [4.78, 5) is 16.4. The Hall–Kier alpha value is -2.18. The molecule has 3 aromatic rings. The Morgan fingerprint density at radius 3 is 3.04 bits per heavy atom. The molecule has 6 nitrogen and oxygen atoms in total. The first-order valence-corrected chi connectivity index (χ1v) is 8.35. The van der Waals surface area contributed by atoms with Crippen molar-refractivity contribution in [3.8, 4) is 11.4 Å². The Balaban J connectivity index is 1.95. The standard InChI is InChI=1S/C17H17ClN4O2/c1-11(23)12-8-13(18)15-9-19-10-21(15)17(12)14-5-6-20-22(14)16-4-2-3-7-24-16/h5-6,8-10,16H,2-4,7H2,1H3. The van der Waals surface area contributed by atoms with Crippen LogP contribution in [0.1, 0.15) is 42.8 Å². The molecule has 1 aliphatic heterocycles. The largest absolute Gasteiger partial charge is 0.356 e. The van der Waals surface area contributed by atoms with Crippen LogP contribution in [-0.2, 0) is 4.74 Å². The SMILES string of the molecule is CC(=O)c1cc(Cl)c2cncn2c1-c1ccnn1C1CCCCO1. The van der Waals surface area contributed by atoms with Crippen molar-refractivity contribution < 1.29 is 9.53 Å². The number of ether oxygens (including phenoxy) is 1. The van der Waals surface area contributed by atoms with Crippen LogP contribution in [0.2, 0.25) is 5.02 Å². The number of aromatic nitrogens is 4. The first-order chi connectivity index (χ1) is 11.7. The van der Waals surface area contributed by atoms with E-state index < -0.39 is 0 Å². The van der Waals surface area contributed by atoms with E-state index in [0.29, 0.717) is 10.6 Å². The van der Waals surface area contributed by atoms with Crippen LogP contribution < -0.4 is 0 Å². The molecular formula is C17H17ClN4O2. The number of carbonyl (C=O) groups is 1. The van der Waals surface area contributed by atoms with Crippen molar-refractivity contribution in [1.29, 1.82) is 0 Å². The van der Waals surface area contributed by atoms with Gasteiger partial charge in [0.05, 0.1) is 34.5 Å². The van der Waals surface area contributed by atoms with E-state index in [1.165, 1.54) is 6.92 Å². The van der Waals surface area contributed by atoms with E-state index in [4.69, 9.17) is 16.3 Å². The van der Waals surface area contributed by atoms with Crippen molar-refractivity contribution in [2.24, 2.45) is 0 Å². The van der Waals surface area contributed by atoms with Gasteiger partial charge in [-0.3, -0.25) is 9.20 Å². The molecule has 3 aromatic heterocycles. The van der Waals surface area contributed by atoms with Crippen LogP contribution in [0.5, 0.6) is 0 Å². The van der Waals surface area contributed by atoms with Crippen LogP contribution in [0.15, 0.2) is 30.9 Å². The van der Waals surface area contributed by atoms with Crippen molar-refractivity contribution in [2.45, 2.75) is 32.4 Å². The molecule has 1 atom stereocenters. The van der Waals surface area contributed by atoms with Gasteiger partial charge in [0.25, 0.3) is 0 Å². The van der Waals surface area contributed by atoms with E-state index in [1.54, 1.807) is 24.8 Å². The maximum absolute atomic E-state index is 12.2. The van der Waals surface area contributed by atoms with Gasteiger partial charge in [-0.15, -0.1) is 0 Å². The molecule has 0 saturated carbocycles. The molecule has 0 amide bonds. The number of fused-ring (bicyclic) bond motifs is 1.